The molecule has 0 aromatic rings. The topological polar surface area (TPSA) is 55.4 Å². The third kappa shape index (κ3) is 4.81. The van der Waals surface area contributed by atoms with Crippen LogP contribution in [-0.4, -0.2) is 29.5 Å². The quantitative estimate of drug-likeness (QED) is 0.473. The van der Waals surface area contributed by atoms with Crippen LogP contribution in [0.15, 0.2) is 0 Å². The molecule has 1 unspecified atom stereocenters. The standard InChI is InChI=1S/C10H18INO3/c1-5-10(2,3)9(14)12-6-7(11)8(13)15-4/h7H,5-6H2,1-4H3,(H,12,14). The van der Waals surface area contributed by atoms with E-state index in [1.165, 1.54) is 7.11 Å². The van der Waals surface area contributed by atoms with Crippen molar-refractivity contribution in [3.05, 3.63) is 0 Å². The number of esters is 1. The van der Waals surface area contributed by atoms with Crippen molar-refractivity contribution in [2.45, 2.75) is 31.1 Å². The van der Waals surface area contributed by atoms with Crippen LogP contribution >= 0.6 is 22.6 Å². The van der Waals surface area contributed by atoms with Crippen molar-refractivity contribution in [1.29, 1.82) is 0 Å². The Bertz CT molecular complexity index is 241. The molecule has 0 aromatic carbocycles. The van der Waals surface area contributed by atoms with E-state index in [9.17, 15) is 9.59 Å². The van der Waals surface area contributed by atoms with Crippen molar-refractivity contribution in [2.24, 2.45) is 5.41 Å². The highest BCUT2D eigenvalue weighted by molar-refractivity contribution is 14.1. The fourth-order valence-electron chi connectivity index (χ4n) is 0.793. The zero-order chi connectivity index (χ0) is 12.1. The molecular weight excluding hydrogens is 309 g/mol. The third-order valence-electron chi connectivity index (χ3n) is 2.40. The van der Waals surface area contributed by atoms with E-state index in [0.29, 0.717) is 6.54 Å². The fourth-order valence-corrected chi connectivity index (χ4v) is 1.27. The summed E-state index contributed by atoms with van der Waals surface area (Å²) in [6.45, 7) is 6.03. The van der Waals surface area contributed by atoms with Gasteiger partial charge in [0.1, 0.15) is 3.92 Å². The van der Waals surface area contributed by atoms with Crippen LogP contribution < -0.4 is 5.32 Å². The second-order valence-electron chi connectivity index (χ2n) is 3.94. The third-order valence-corrected chi connectivity index (χ3v) is 3.35. The predicted octanol–water partition coefficient (Wildman–Crippen LogP) is 1.52. The van der Waals surface area contributed by atoms with Crippen LogP contribution in [0, 0.1) is 5.41 Å². The Kier molecular flexibility index (Phi) is 6.16. The molecule has 1 amide bonds. The molecule has 0 rings (SSSR count). The molecule has 0 aliphatic heterocycles. The zero-order valence-electron chi connectivity index (χ0n) is 9.59. The van der Waals surface area contributed by atoms with Gasteiger partial charge in [0.2, 0.25) is 5.91 Å². The van der Waals surface area contributed by atoms with Gasteiger partial charge in [-0.25, -0.2) is 0 Å². The summed E-state index contributed by atoms with van der Waals surface area (Å²) in [6, 6.07) is 0. The maximum atomic E-state index is 11.6. The molecular formula is C10H18INO3. The van der Waals surface area contributed by atoms with Gasteiger partial charge in [-0.2, -0.15) is 0 Å². The van der Waals surface area contributed by atoms with Crippen LogP contribution in [0.25, 0.3) is 0 Å². The fraction of sp³-hybridized carbons (Fsp3) is 0.800. The van der Waals surface area contributed by atoms with Crippen LogP contribution in [0.4, 0.5) is 0 Å². The first-order valence-electron chi connectivity index (χ1n) is 4.85. The Morgan fingerprint density at radius 2 is 2.00 bits per heavy atom. The Morgan fingerprint density at radius 3 is 2.40 bits per heavy atom. The first-order valence-corrected chi connectivity index (χ1v) is 6.10. The second-order valence-corrected chi connectivity index (χ2v) is 5.44. The number of alkyl halides is 1. The number of carbonyl (C=O) groups is 2. The minimum Gasteiger partial charge on any atom is -0.468 e. The highest BCUT2D eigenvalue weighted by Gasteiger charge is 2.26. The van der Waals surface area contributed by atoms with E-state index in [1.807, 2.05) is 43.4 Å². The molecule has 15 heavy (non-hydrogen) atoms. The Morgan fingerprint density at radius 1 is 1.47 bits per heavy atom. The van der Waals surface area contributed by atoms with Crippen molar-refractivity contribution in [3.63, 3.8) is 0 Å². The van der Waals surface area contributed by atoms with Crippen LogP contribution in [0.5, 0.6) is 0 Å². The van der Waals surface area contributed by atoms with E-state index in [1.54, 1.807) is 0 Å². The number of halogens is 1. The summed E-state index contributed by atoms with van der Waals surface area (Å²) < 4.78 is 4.23. The monoisotopic (exact) mass is 327 g/mol. The highest BCUT2D eigenvalue weighted by atomic mass is 127. The van der Waals surface area contributed by atoms with E-state index in [-0.39, 0.29) is 21.2 Å². The number of rotatable bonds is 5. The molecule has 0 aliphatic rings. The number of hydrogen-bond donors (Lipinski definition) is 1. The lowest BCUT2D eigenvalue weighted by Crippen LogP contribution is -2.41. The normalized spacial score (nSPS) is 13.1. The van der Waals surface area contributed by atoms with Crippen LogP contribution in [-0.2, 0) is 14.3 Å². The second kappa shape index (κ2) is 6.30. The lowest BCUT2D eigenvalue weighted by molar-refractivity contribution is -0.139. The molecule has 1 N–H and O–H groups in total. The molecule has 0 heterocycles. The van der Waals surface area contributed by atoms with E-state index in [0.717, 1.165) is 6.42 Å². The molecule has 88 valence electrons. The van der Waals surface area contributed by atoms with Gasteiger partial charge in [-0.15, -0.1) is 0 Å². The Hall–Kier alpha value is -0.330. The van der Waals surface area contributed by atoms with Gasteiger partial charge in [0.15, 0.2) is 0 Å². The SMILES string of the molecule is CCC(C)(C)C(=O)NCC(I)C(=O)OC. The van der Waals surface area contributed by atoms with Crippen molar-refractivity contribution in [2.75, 3.05) is 13.7 Å². The summed E-state index contributed by atoms with van der Waals surface area (Å²) in [5.74, 6) is -0.347. The zero-order valence-corrected chi connectivity index (χ0v) is 11.8. The van der Waals surface area contributed by atoms with E-state index >= 15 is 0 Å². The van der Waals surface area contributed by atoms with Gasteiger partial charge in [-0.3, -0.25) is 9.59 Å². The maximum Gasteiger partial charge on any atom is 0.320 e. The van der Waals surface area contributed by atoms with Gasteiger partial charge in [0, 0.05) is 12.0 Å². The number of ether oxygens (including phenoxy) is 1. The Labute approximate surface area is 104 Å². The molecule has 0 spiro atoms. The maximum absolute atomic E-state index is 11.6. The molecule has 0 saturated heterocycles. The number of hydrogen-bond acceptors (Lipinski definition) is 3. The minimum atomic E-state index is -0.382. The van der Waals surface area contributed by atoms with Gasteiger partial charge in [-0.05, 0) is 6.42 Å². The first kappa shape index (κ1) is 14.7. The number of methoxy groups -OCH3 is 1. The summed E-state index contributed by atoms with van der Waals surface area (Å²) in [4.78, 5) is 22.7. The average Bonchev–Trinajstić information content (AvgIpc) is 2.23. The summed E-state index contributed by atoms with van der Waals surface area (Å²) in [5.41, 5.74) is -0.382. The van der Waals surface area contributed by atoms with Crippen LogP contribution in [0.3, 0.4) is 0 Å². The van der Waals surface area contributed by atoms with E-state index < -0.39 is 0 Å². The molecule has 0 aliphatic carbocycles. The molecule has 0 fully saturated rings. The van der Waals surface area contributed by atoms with Crippen LogP contribution in [0.2, 0.25) is 0 Å². The minimum absolute atomic E-state index is 0.0319. The average molecular weight is 327 g/mol. The largest absolute Gasteiger partial charge is 0.468 e. The molecule has 0 bridgehead atoms. The smallest absolute Gasteiger partial charge is 0.320 e. The van der Waals surface area contributed by atoms with Crippen LogP contribution in [0.1, 0.15) is 27.2 Å². The molecule has 4 nitrogen and oxygen atoms in total. The van der Waals surface area contributed by atoms with Crippen molar-refractivity contribution >= 4 is 34.5 Å². The molecule has 1 atom stereocenters. The summed E-state index contributed by atoms with van der Waals surface area (Å²) in [7, 11) is 1.34. The molecule has 0 radical (unpaired) electrons. The number of carbonyl (C=O) groups excluding carboxylic acids is 2. The lowest BCUT2D eigenvalue weighted by atomic mass is 9.89. The van der Waals surface area contributed by atoms with Gasteiger partial charge in [0.25, 0.3) is 0 Å². The van der Waals surface area contributed by atoms with E-state index in [4.69, 9.17) is 0 Å². The summed E-state index contributed by atoms with van der Waals surface area (Å²) in [5, 5.41) is 2.74. The molecule has 0 aromatic heterocycles. The van der Waals surface area contributed by atoms with Gasteiger partial charge >= 0.3 is 5.97 Å². The van der Waals surface area contributed by atoms with Crippen molar-refractivity contribution < 1.29 is 14.3 Å². The molecule has 0 saturated carbocycles. The number of nitrogens with one attached hydrogen (secondary N) is 1. The van der Waals surface area contributed by atoms with E-state index in [2.05, 4.69) is 10.1 Å². The van der Waals surface area contributed by atoms with Crippen molar-refractivity contribution in [3.8, 4) is 0 Å². The lowest BCUT2D eigenvalue weighted by Gasteiger charge is -2.22. The molecule has 5 heteroatoms. The summed E-state index contributed by atoms with van der Waals surface area (Å²) in [6.07, 6.45) is 0.767. The Balaban J connectivity index is 4.07. The summed E-state index contributed by atoms with van der Waals surface area (Å²) >= 11 is 1.95. The predicted molar refractivity (Wildman–Crippen MR) is 66.9 cm³/mol. The van der Waals surface area contributed by atoms with Crippen molar-refractivity contribution in [1.82, 2.24) is 5.32 Å². The van der Waals surface area contributed by atoms with Gasteiger partial charge < -0.3 is 10.1 Å². The highest BCUT2D eigenvalue weighted by Crippen LogP contribution is 2.19. The first-order chi connectivity index (χ1) is 6.85. The van der Waals surface area contributed by atoms with Gasteiger partial charge in [0.05, 0.1) is 7.11 Å². The number of amides is 1. The van der Waals surface area contributed by atoms with Gasteiger partial charge in [-0.1, -0.05) is 43.4 Å².